The van der Waals surface area contributed by atoms with Crippen LogP contribution in [0.1, 0.15) is 17.3 Å². The first-order valence-electron chi connectivity index (χ1n) is 5.61. The molecule has 110 valence electrons. The van der Waals surface area contributed by atoms with Crippen molar-refractivity contribution in [2.24, 2.45) is 5.73 Å². The van der Waals surface area contributed by atoms with Gasteiger partial charge in [-0.1, -0.05) is 0 Å². The van der Waals surface area contributed by atoms with E-state index < -0.39 is 25.1 Å². The Kier molecular flexibility index (Phi) is 5.70. The third kappa shape index (κ3) is 4.71. The molecule has 0 aliphatic carbocycles. The first kappa shape index (κ1) is 15.7. The van der Waals surface area contributed by atoms with Crippen LogP contribution in [-0.4, -0.2) is 31.7 Å². The quantitative estimate of drug-likeness (QED) is 0.765. The lowest BCUT2D eigenvalue weighted by Crippen LogP contribution is -2.21. The summed E-state index contributed by atoms with van der Waals surface area (Å²) in [6, 6.07) is 3.55. The summed E-state index contributed by atoms with van der Waals surface area (Å²) in [5.74, 6) is -1.86. The molecule has 1 aromatic carbocycles. The number of carbonyl (C=O) groups excluding carboxylic acids is 2. The van der Waals surface area contributed by atoms with E-state index in [-0.39, 0.29) is 23.7 Å². The average Bonchev–Trinajstić information content (AvgIpc) is 2.37. The molecule has 1 aromatic rings. The number of alkyl halides is 2. The lowest BCUT2D eigenvalue weighted by molar-refractivity contribution is -0.121. The number of hydrogen-bond acceptors (Lipinski definition) is 5. The summed E-state index contributed by atoms with van der Waals surface area (Å²) in [5, 5.41) is 0. The maximum Gasteiger partial charge on any atom is 0.387 e. The van der Waals surface area contributed by atoms with Gasteiger partial charge in [0.25, 0.3) is 5.91 Å². The van der Waals surface area contributed by atoms with Gasteiger partial charge in [-0.05, 0) is 25.1 Å². The van der Waals surface area contributed by atoms with Crippen LogP contribution in [0.4, 0.5) is 8.78 Å². The van der Waals surface area contributed by atoms with Gasteiger partial charge < -0.3 is 19.9 Å². The van der Waals surface area contributed by atoms with Crippen molar-refractivity contribution < 1.29 is 32.6 Å². The van der Waals surface area contributed by atoms with Gasteiger partial charge in [-0.15, -0.1) is 0 Å². The first-order chi connectivity index (χ1) is 9.43. The number of halogens is 2. The highest BCUT2D eigenvalue weighted by molar-refractivity contribution is 5.91. The molecule has 1 amide bonds. The highest BCUT2D eigenvalue weighted by atomic mass is 19.3. The van der Waals surface area contributed by atoms with E-state index in [1.54, 1.807) is 6.92 Å². The molecule has 0 unspecified atom stereocenters. The minimum atomic E-state index is -3.01. The minimum absolute atomic E-state index is 0.0244. The van der Waals surface area contributed by atoms with Crippen LogP contribution in [0.5, 0.6) is 11.5 Å². The Balaban J connectivity index is 2.91. The molecule has 0 aromatic heterocycles. The number of amides is 1. The van der Waals surface area contributed by atoms with Gasteiger partial charge in [0.15, 0.2) is 18.1 Å². The van der Waals surface area contributed by atoms with Crippen LogP contribution >= 0.6 is 0 Å². The van der Waals surface area contributed by atoms with Gasteiger partial charge in [-0.3, -0.25) is 4.79 Å². The van der Waals surface area contributed by atoms with Crippen molar-refractivity contribution in [3.8, 4) is 11.5 Å². The molecular weight excluding hydrogens is 276 g/mol. The van der Waals surface area contributed by atoms with Gasteiger partial charge in [-0.2, -0.15) is 8.78 Å². The second-order valence-corrected chi connectivity index (χ2v) is 3.52. The Morgan fingerprint density at radius 1 is 1.30 bits per heavy atom. The Bertz CT molecular complexity index is 493. The van der Waals surface area contributed by atoms with Gasteiger partial charge in [0.1, 0.15) is 0 Å². The number of nitrogens with two attached hydrogens (primary N) is 1. The molecule has 0 heterocycles. The van der Waals surface area contributed by atoms with E-state index in [1.165, 1.54) is 12.1 Å². The molecule has 0 atom stereocenters. The Morgan fingerprint density at radius 2 is 2.00 bits per heavy atom. The molecular formula is C12H13F2NO5. The maximum absolute atomic E-state index is 12.2. The van der Waals surface area contributed by atoms with Crippen molar-refractivity contribution in [3.05, 3.63) is 23.8 Å². The van der Waals surface area contributed by atoms with Crippen molar-refractivity contribution in [1.29, 1.82) is 0 Å². The average molecular weight is 289 g/mol. The Labute approximate surface area is 113 Å². The smallest absolute Gasteiger partial charge is 0.387 e. The van der Waals surface area contributed by atoms with E-state index >= 15 is 0 Å². The SMILES string of the molecule is CCOc1cc(C(=O)OCC(N)=O)ccc1OC(F)F. The highest BCUT2D eigenvalue weighted by Crippen LogP contribution is 2.30. The zero-order valence-corrected chi connectivity index (χ0v) is 10.6. The van der Waals surface area contributed by atoms with Crippen LogP contribution in [0.25, 0.3) is 0 Å². The van der Waals surface area contributed by atoms with E-state index in [2.05, 4.69) is 9.47 Å². The predicted octanol–water partition coefficient (Wildman–Crippen LogP) is 1.33. The van der Waals surface area contributed by atoms with Gasteiger partial charge in [0.2, 0.25) is 0 Å². The van der Waals surface area contributed by atoms with E-state index in [1.807, 2.05) is 0 Å². The fourth-order valence-electron chi connectivity index (χ4n) is 1.32. The fraction of sp³-hybridized carbons (Fsp3) is 0.333. The molecule has 0 radical (unpaired) electrons. The molecule has 2 N–H and O–H groups in total. The molecule has 6 nitrogen and oxygen atoms in total. The van der Waals surface area contributed by atoms with Crippen molar-refractivity contribution in [1.82, 2.24) is 0 Å². The van der Waals surface area contributed by atoms with E-state index in [0.717, 1.165) is 6.07 Å². The molecule has 0 saturated heterocycles. The van der Waals surface area contributed by atoms with Crippen molar-refractivity contribution in [3.63, 3.8) is 0 Å². The summed E-state index contributed by atoms with van der Waals surface area (Å²) in [6.45, 7) is -1.75. The van der Waals surface area contributed by atoms with E-state index in [0.29, 0.717) is 0 Å². The molecule has 8 heteroatoms. The Hall–Kier alpha value is -2.38. The zero-order chi connectivity index (χ0) is 15.1. The first-order valence-corrected chi connectivity index (χ1v) is 5.61. The number of rotatable bonds is 7. The number of hydrogen-bond donors (Lipinski definition) is 1. The number of esters is 1. The third-order valence-electron chi connectivity index (χ3n) is 2.04. The van der Waals surface area contributed by atoms with Crippen LogP contribution < -0.4 is 15.2 Å². The summed E-state index contributed by atoms with van der Waals surface area (Å²) in [5.41, 5.74) is 4.86. The minimum Gasteiger partial charge on any atom is -0.490 e. The van der Waals surface area contributed by atoms with Gasteiger partial charge >= 0.3 is 12.6 Å². The highest BCUT2D eigenvalue weighted by Gasteiger charge is 2.15. The largest absolute Gasteiger partial charge is 0.490 e. The molecule has 1 rings (SSSR count). The summed E-state index contributed by atoms with van der Waals surface area (Å²) in [7, 11) is 0. The van der Waals surface area contributed by atoms with E-state index in [9.17, 15) is 18.4 Å². The molecule has 0 aliphatic heterocycles. The standard InChI is InChI=1S/C12H13F2NO5/c1-2-18-9-5-7(11(17)19-6-10(15)16)3-4-8(9)20-12(13)14/h3-5,12H,2,6H2,1H3,(H2,15,16). The topological polar surface area (TPSA) is 87.9 Å². The molecule has 0 aliphatic rings. The van der Waals surface area contributed by atoms with Gasteiger partial charge in [-0.25, -0.2) is 4.79 Å². The maximum atomic E-state index is 12.2. The monoisotopic (exact) mass is 289 g/mol. The summed E-state index contributed by atoms with van der Waals surface area (Å²) in [4.78, 5) is 22.1. The second-order valence-electron chi connectivity index (χ2n) is 3.52. The summed E-state index contributed by atoms with van der Waals surface area (Å²) < 4.78 is 38.3. The van der Waals surface area contributed by atoms with Crippen LogP contribution in [0.2, 0.25) is 0 Å². The van der Waals surface area contributed by atoms with Crippen LogP contribution in [0.3, 0.4) is 0 Å². The van der Waals surface area contributed by atoms with Crippen LogP contribution in [0, 0.1) is 0 Å². The van der Waals surface area contributed by atoms with Crippen molar-refractivity contribution in [2.75, 3.05) is 13.2 Å². The fourth-order valence-corrected chi connectivity index (χ4v) is 1.32. The number of ether oxygens (including phenoxy) is 3. The Morgan fingerprint density at radius 3 is 2.55 bits per heavy atom. The van der Waals surface area contributed by atoms with Crippen molar-refractivity contribution in [2.45, 2.75) is 13.5 Å². The summed E-state index contributed by atoms with van der Waals surface area (Å²) >= 11 is 0. The number of carbonyl (C=O) groups is 2. The predicted molar refractivity (Wildman–Crippen MR) is 63.7 cm³/mol. The number of primary amides is 1. The summed E-state index contributed by atoms with van der Waals surface area (Å²) in [6.07, 6.45) is 0. The van der Waals surface area contributed by atoms with Gasteiger partial charge in [0, 0.05) is 0 Å². The van der Waals surface area contributed by atoms with Crippen LogP contribution in [0.15, 0.2) is 18.2 Å². The normalized spacial score (nSPS) is 10.2. The zero-order valence-electron chi connectivity index (χ0n) is 10.6. The molecule has 0 fully saturated rings. The van der Waals surface area contributed by atoms with Crippen LogP contribution in [-0.2, 0) is 9.53 Å². The molecule has 0 bridgehead atoms. The molecule has 20 heavy (non-hydrogen) atoms. The second kappa shape index (κ2) is 7.27. The lowest BCUT2D eigenvalue weighted by atomic mass is 10.2. The molecule has 0 saturated carbocycles. The van der Waals surface area contributed by atoms with E-state index in [4.69, 9.17) is 10.5 Å². The lowest BCUT2D eigenvalue weighted by Gasteiger charge is -2.12. The van der Waals surface area contributed by atoms with Gasteiger partial charge in [0.05, 0.1) is 12.2 Å². The number of benzene rings is 1. The molecule has 0 spiro atoms. The van der Waals surface area contributed by atoms with Crippen molar-refractivity contribution >= 4 is 11.9 Å². The third-order valence-corrected chi connectivity index (χ3v) is 2.04.